The van der Waals surface area contributed by atoms with E-state index in [0.29, 0.717) is 12.2 Å². The molecule has 1 fully saturated rings. The van der Waals surface area contributed by atoms with Crippen molar-refractivity contribution in [2.75, 3.05) is 17.4 Å². The first-order valence-electron chi connectivity index (χ1n) is 5.60. The van der Waals surface area contributed by atoms with Gasteiger partial charge >= 0.3 is 0 Å². The maximum Gasteiger partial charge on any atom is 0.238 e. The zero-order valence-electron chi connectivity index (χ0n) is 9.71. The number of nitrogens with zero attached hydrogens (tertiary/aromatic N) is 1. The Morgan fingerprint density at radius 2 is 2.33 bits per heavy atom. The average Bonchev–Trinajstić information content (AvgIpc) is 2.94. The highest BCUT2D eigenvalue weighted by molar-refractivity contribution is 7.91. The summed E-state index contributed by atoms with van der Waals surface area (Å²) in [6.45, 7) is 0.263. The molecule has 1 aliphatic heterocycles. The molecule has 0 aliphatic carbocycles. The molecule has 0 radical (unpaired) electrons. The summed E-state index contributed by atoms with van der Waals surface area (Å²) in [5.41, 5.74) is 0. The molecule has 0 aromatic carbocycles. The number of hydrogen-bond acceptors (Lipinski definition) is 4. The van der Waals surface area contributed by atoms with E-state index in [4.69, 9.17) is 16.0 Å². The lowest BCUT2D eigenvalue weighted by Crippen LogP contribution is -2.41. The highest BCUT2D eigenvalue weighted by atomic mass is 35.5. The van der Waals surface area contributed by atoms with E-state index < -0.39 is 9.84 Å². The summed E-state index contributed by atoms with van der Waals surface area (Å²) < 4.78 is 28.1. The van der Waals surface area contributed by atoms with Crippen LogP contribution in [0.3, 0.4) is 0 Å². The minimum absolute atomic E-state index is 0.0103. The van der Waals surface area contributed by atoms with Crippen LogP contribution >= 0.6 is 11.6 Å². The second-order valence-electron chi connectivity index (χ2n) is 4.29. The number of sulfone groups is 1. The van der Waals surface area contributed by atoms with E-state index in [2.05, 4.69) is 0 Å². The SMILES string of the molecule is O=C(CCl)N(Cc1ccco1)[C@@H]1CCS(=O)(=O)C1. The molecule has 1 saturated heterocycles. The third-order valence-electron chi connectivity index (χ3n) is 2.99. The van der Waals surface area contributed by atoms with Gasteiger partial charge in [0.25, 0.3) is 0 Å². The average molecular weight is 292 g/mol. The van der Waals surface area contributed by atoms with Crippen LogP contribution in [0.15, 0.2) is 22.8 Å². The first-order chi connectivity index (χ1) is 8.52. The Kier molecular flexibility index (Phi) is 3.97. The molecule has 0 N–H and O–H groups in total. The van der Waals surface area contributed by atoms with Gasteiger partial charge < -0.3 is 9.32 Å². The Balaban J connectivity index is 2.13. The third kappa shape index (κ3) is 3.05. The van der Waals surface area contributed by atoms with E-state index in [1.807, 2.05) is 0 Å². The molecule has 7 heteroatoms. The van der Waals surface area contributed by atoms with E-state index in [1.165, 1.54) is 11.2 Å². The third-order valence-corrected chi connectivity index (χ3v) is 4.97. The van der Waals surface area contributed by atoms with E-state index >= 15 is 0 Å². The van der Waals surface area contributed by atoms with Crippen molar-refractivity contribution in [1.82, 2.24) is 4.90 Å². The number of amides is 1. The van der Waals surface area contributed by atoms with Crippen LogP contribution in [0.2, 0.25) is 0 Å². The van der Waals surface area contributed by atoms with Gasteiger partial charge in [0.1, 0.15) is 11.6 Å². The molecule has 0 bridgehead atoms. The van der Waals surface area contributed by atoms with Crippen LogP contribution in [-0.4, -0.2) is 42.7 Å². The molecular weight excluding hydrogens is 278 g/mol. The first-order valence-corrected chi connectivity index (χ1v) is 7.95. The predicted molar refractivity (Wildman–Crippen MR) is 67.0 cm³/mol. The fourth-order valence-electron chi connectivity index (χ4n) is 2.09. The Bertz CT molecular complexity index is 511. The quantitative estimate of drug-likeness (QED) is 0.777. The minimum atomic E-state index is -3.03. The maximum atomic E-state index is 11.8. The molecule has 1 aromatic heterocycles. The lowest BCUT2D eigenvalue weighted by Gasteiger charge is -2.26. The highest BCUT2D eigenvalue weighted by Crippen LogP contribution is 2.20. The number of halogens is 1. The summed E-state index contributed by atoms with van der Waals surface area (Å²) in [6, 6.07) is 3.17. The number of carbonyl (C=O) groups excluding carboxylic acids is 1. The number of carbonyl (C=O) groups is 1. The summed E-state index contributed by atoms with van der Waals surface area (Å²) in [7, 11) is -3.03. The van der Waals surface area contributed by atoms with Crippen LogP contribution < -0.4 is 0 Å². The van der Waals surface area contributed by atoms with Crippen LogP contribution in [0, 0.1) is 0 Å². The van der Waals surface area contributed by atoms with Crippen LogP contribution in [0.4, 0.5) is 0 Å². The van der Waals surface area contributed by atoms with Gasteiger partial charge in [-0.15, -0.1) is 11.6 Å². The molecule has 100 valence electrons. The maximum absolute atomic E-state index is 11.8. The zero-order chi connectivity index (χ0) is 13.2. The van der Waals surface area contributed by atoms with Crippen molar-refractivity contribution in [3.63, 3.8) is 0 Å². The Hall–Kier alpha value is -1.01. The monoisotopic (exact) mass is 291 g/mol. The van der Waals surface area contributed by atoms with Gasteiger partial charge in [-0.05, 0) is 18.6 Å². The predicted octanol–water partition coefficient (Wildman–Crippen LogP) is 1.03. The van der Waals surface area contributed by atoms with Gasteiger partial charge in [-0.3, -0.25) is 4.79 Å². The molecule has 1 aromatic rings. The van der Waals surface area contributed by atoms with Gasteiger partial charge in [0.15, 0.2) is 9.84 Å². The summed E-state index contributed by atoms with van der Waals surface area (Å²) in [5.74, 6) is 0.336. The lowest BCUT2D eigenvalue weighted by molar-refractivity contribution is -0.131. The lowest BCUT2D eigenvalue weighted by atomic mass is 10.2. The molecule has 2 heterocycles. The van der Waals surface area contributed by atoms with Crippen molar-refractivity contribution in [1.29, 1.82) is 0 Å². The van der Waals surface area contributed by atoms with Gasteiger partial charge in [-0.1, -0.05) is 0 Å². The van der Waals surface area contributed by atoms with Crippen molar-refractivity contribution in [3.05, 3.63) is 24.2 Å². The van der Waals surface area contributed by atoms with Gasteiger partial charge in [0.2, 0.25) is 5.91 Å². The van der Waals surface area contributed by atoms with Crippen LogP contribution in [-0.2, 0) is 21.2 Å². The van der Waals surface area contributed by atoms with E-state index in [0.717, 1.165) is 0 Å². The summed E-state index contributed by atoms with van der Waals surface area (Å²) >= 11 is 5.57. The summed E-state index contributed by atoms with van der Waals surface area (Å²) in [5, 5.41) is 0. The van der Waals surface area contributed by atoms with Gasteiger partial charge in [-0.2, -0.15) is 0 Å². The number of furan rings is 1. The van der Waals surface area contributed by atoms with Crippen LogP contribution in [0.25, 0.3) is 0 Å². The molecule has 0 unspecified atom stereocenters. The minimum Gasteiger partial charge on any atom is -0.467 e. The molecule has 5 nitrogen and oxygen atoms in total. The van der Waals surface area contributed by atoms with Crippen LogP contribution in [0.1, 0.15) is 12.2 Å². The fraction of sp³-hybridized carbons (Fsp3) is 0.545. The number of alkyl halides is 1. The van der Waals surface area contributed by atoms with E-state index in [1.54, 1.807) is 12.1 Å². The Labute approximate surface area is 111 Å². The van der Waals surface area contributed by atoms with Gasteiger partial charge in [0, 0.05) is 6.04 Å². The molecular formula is C11H14ClNO4S. The van der Waals surface area contributed by atoms with Crippen molar-refractivity contribution in [3.8, 4) is 0 Å². The van der Waals surface area contributed by atoms with E-state index in [9.17, 15) is 13.2 Å². The van der Waals surface area contributed by atoms with Crippen molar-refractivity contribution < 1.29 is 17.6 Å². The largest absolute Gasteiger partial charge is 0.467 e. The number of hydrogen-bond donors (Lipinski definition) is 0. The normalized spacial score (nSPS) is 21.9. The topological polar surface area (TPSA) is 67.6 Å². The first kappa shape index (κ1) is 13.4. The van der Waals surface area contributed by atoms with Crippen molar-refractivity contribution >= 4 is 27.3 Å². The molecule has 2 rings (SSSR count). The van der Waals surface area contributed by atoms with Gasteiger partial charge in [0.05, 0.1) is 24.3 Å². The van der Waals surface area contributed by atoms with Crippen LogP contribution in [0.5, 0.6) is 0 Å². The molecule has 0 spiro atoms. The molecule has 1 atom stereocenters. The molecule has 18 heavy (non-hydrogen) atoms. The zero-order valence-corrected chi connectivity index (χ0v) is 11.3. The highest BCUT2D eigenvalue weighted by Gasteiger charge is 2.34. The van der Waals surface area contributed by atoms with E-state index in [-0.39, 0.29) is 35.9 Å². The second-order valence-corrected chi connectivity index (χ2v) is 6.79. The smallest absolute Gasteiger partial charge is 0.238 e. The molecule has 1 amide bonds. The summed E-state index contributed by atoms with van der Waals surface area (Å²) in [6.07, 6.45) is 1.98. The standard InChI is InChI=1S/C11H14ClNO4S/c12-6-11(14)13(7-10-2-1-4-17-10)9-3-5-18(15,16)8-9/h1-2,4,9H,3,5-8H2/t9-/m1/s1. The fourth-order valence-corrected chi connectivity index (χ4v) is 3.97. The second kappa shape index (κ2) is 5.32. The molecule has 1 aliphatic rings. The Morgan fingerprint density at radius 3 is 2.83 bits per heavy atom. The number of rotatable bonds is 4. The summed E-state index contributed by atoms with van der Waals surface area (Å²) in [4.78, 5) is 13.3. The van der Waals surface area contributed by atoms with Crippen molar-refractivity contribution in [2.24, 2.45) is 0 Å². The van der Waals surface area contributed by atoms with Crippen molar-refractivity contribution in [2.45, 2.75) is 19.0 Å². The molecule has 0 saturated carbocycles. The van der Waals surface area contributed by atoms with Gasteiger partial charge in [-0.25, -0.2) is 8.42 Å². The Morgan fingerprint density at radius 1 is 1.56 bits per heavy atom.